The molecule has 3 aromatic rings. The first kappa shape index (κ1) is 25.1. The number of rotatable bonds is 10. The molecule has 10 nitrogen and oxygen atoms in total. The highest BCUT2D eigenvalue weighted by Crippen LogP contribution is 2.28. The Hall–Kier alpha value is -3.48. The highest BCUT2D eigenvalue weighted by molar-refractivity contribution is 7.89. The van der Waals surface area contributed by atoms with Crippen LogP contribution >= 0.6 is 11.3 Å². The van der Waals surface area contributed by atoms with Crippen LogP contribution in [-0.4, -0.2) is 46.0 Å². The van der Waals surface area contributed by atoms with E-state index in [4.69, 9.17) is 14.6 Å². The third-order valence-electron chi connectivity index (χ3n) is 4.75. The van der Waals surface area contributed by atoms with Crippen LogP contribution in [0, 0.1) is 0 Å². The molecule has 3 rings (SSSR count). The van der Waals surface area contributed by atoms with Gasteiger partial charge in [0, 0.05) is 17.5 Å². The zero-order valence-electron chi connectivity index (χ0n) is 18.5. The fourth-order valence-corrected chi connectivity index (χ4v) is 4.23. The van der Waals surface area contributed by atoms with E-state index in [1.54, 1.807) is 35.7 Å². The number of aromatic nitrogens is 1. The number of nitrogens with one attached hydrogen (secondary N) is 2. The summed E-state index contributed by atoms with van der Waals surface area (Å²) < 4.78 is 33.0. The lowest BCUT2D eigenvalue weighted by molar-refractivity contribution is -0.120. The summed E-state index contributed by atoms with van der Waals surface area (Å²) in [6.45, 7) is 0.376. The largest absolute Gasteiger partial charge is 0.493 e. The average molecular weight is 505 g/mol. The van der Waals surface area contributed by atoms with E-state index in [0.29, 0.717) is 40.9 Å². The molecule has 12 heteroatoms. The summed E-state index contributed by atoms with van der Waals surface area (Å²) in [5.74, 6) is 0.373. The Kier molecular flexibility index (Phi) is 8.21. The number of methoxy groups -OCH3 is 2. The Bertz CT molecular complexity index is 1270. The maximum absolute atomic E-state index is 12.5. The second kappa shape index (κ2) is 11.1. The molecule has 0 aliphatic heterocycles. The number of hydrogen-bond donors (Lipinski definition) is 3. The molecule has 0 bridgehead atoms. The van der Waals surface area contributed by atoms with E-state index < -0.39 is 10.0 Å². The number of hydrogen-bond acceptors (Lipinski definition) is 8. The van der Waals surface area contributed by atoms with Crippen LogP contribution in [0.5, 0.6) is 11.5 Å². The van der Waals surface area contributed by atoms with Crippen LogP contribution in [0.2, 0.25) is 0 Å². The van der Waals surface area contributed by atoms with Crippen molar-refractivity contribution in [1.29, 1.82) is 0 Å². The van der Waals surface area contributed by atoms with E-state index >= 15 is 0 Å². The standard InChI is InChI=1S/C22H24N4O6S2/c1-31-18-8-5-15(11-19(18)32-2)21(28)26-22-25-16(13-33-22)12-20(27)24-10-9-14-3-6-17(7-4-14)34(23,29)30/h3-8,11,13H,9-10,12H2,1-2H3,(H,24,27)(H2,23,29,30)(H,25,26,28). The molecule has 0 aliphatic carbocycles. The zero-order valence-corrected chi connectivity index (χ0v) is 20.2. The second-order valence-corrected chi connectivity index (χ2v) is 9.55. The Morgan fingerprint density at radius 1 is 1.06 bits per heavy atom. The van der Waals surface area contributed by atoms with Gasteiger partial charge >= 0.3 is 0 Å². The summed E-state index contributed by atoms with van der Waals surface area (Å²) in [5, 5.41) is 12.7. The molecule has 0 spiro atoms. The number of ether oxygens (including phenoxy) is 2. The minimum absolute atomic E-state index is 0.0397. The number of carbonyl (C=O) groups excluding carboxylic acids is 2. The molecule has 0 atom stereocenters. The molecule has 1 aromatic heterocycles. The predicted molar refractivity (Wildman–Crippen MR) is 128 cm³/mol. The third-order valence-corrected chi connectivity index (χ3v) is 6.48. The number of benzene rings is 2. The molecule has 0 radical (unpaired) electrons. The fraction of sp³-hybridized carbons (Fsp3) is 0.227. The quantitative estimate of drug-likeness (QED) is 0.382. The first-order valence-corrected chi connectivity index (χ1v) is 12.5. The summed E-state index contributed by atoms with van der Waals surface area (Å²) in [6.07, 6.45) is 0.591. The minimum Gasteiger partial charge on any atom is -0.493 e. The maximum atomic E-state index is 12.5. The lowest BCUT2D eigenvalue weighted by Crippen LogP contribution is -2.27. The number of primary sulfonamides is 1. The van der Waals surface area contributed by atoms with Crippen molar-refractivity contribution in [2.24, 2.45) is 5.14 Å². The molecular weight excluding hydrogens is 480 g/mol. The molecule has 0 saturated carbocycles. The number of nitrogens with zero attached hydrogens (tertiary/aromatic N) is 1. The Labute approximate surface area is 201 Å². The van der Waals surface area contributed by atoms with E-state index in [9.17, 15) is 18.0 Å². The molecule has 1 heterocycles. The number of anilines is 1. The van der Waals surface area contributed by atoms with Crippen LogP contribution in [0.3, 0.4) is 0 Å². The van der Waals surface area contributed by atoms with Crippen LogP contribution in [0.15, 0.2) is 52.7 Å². The average Bonchev–Trinajstić information content (AvgIpc) is 3.24. The molecule has 2 amide bonds. The Balaban J connectivity index is 1.48. The van der Waals surface area contributed by atoms with E-state index in [0.717, 1.165) is 5.56 Å². The number of thiazole rings is 1. The van der Waals surface area contributed by atoms with Crippen molar-refractivity contribution in [2.75, 3.05) is 26.1 Å². The molecule has 0 fully saturated rings. The van der Waals surface area contributed by atoms with Crippen LogP contribution in [0.25, 0.3) is 0 Å². The molecular formula is C22H24N4O6S2. The van der Waals surface area contributed by atoms with Gasteiger partial charge in [0.05, 0.1) is 31.2 Å². The molecule has 4 N–H and O–H groups in total. The number of nitrogens with two attached hydrogens (primary N) is 1. The van der Waals surface area contributed by atoms with Crippen molar-refractivity contribution >= 4 is 38.3 Å². The Morgan fingerprint density at radius 3 is 2.41 bits per heavy atom. The van der Waals surface area contributed by atoms with Crippen LogP contribution in [0.1, 0.15) is 21.6 Å². The number of sulfonamides is 1. The van der Waals surface area contributed by atoms with Gasteiger partial charge < -0.3 is 14.8 Å². The Morgan fingerprint density at radius 2 is 1.76 bits per heavy atom. The summed E-state index contributed by atoms with van der Waals surface area (Å²) in [6, 6.07) is 11.0. The smallest absolute Gasteiger partial charge is 0.257 e. The topological polar surface area (TPSA) is 150 Å². The maximum Gasteiger partial charge on any atom is 0.257 e. The van der Waals surface area contributed by atoms with Gasteiger partial charge in [0.2, 0.25) is 15.9 Å². The van der Waals surface area contributed by atoms with Gasteiger partial charge in [0.15, 0.2) is 16.6 Å². The normalized spacial score (nSPS) is 11.0. The lowest BCUT2D eigenvalue weighted by Gasteiger charge is -2.09. The van der Waals surface area contributed by atoms with Gasteiger partial charge in [-0.25, -0.2) is 18.5 Å². The van der Waals surface area contributed by atoms with Crippen LogP contribution in [0.4, 0.5) is 5.13 Å². The minimum atomic E-state index is -3.73. The first-order chi connectivity index (χ1) is 16.2. The molecule has 0 saturated heterocycles. The van der Waals surface area contributed by atoms with Crippen LogP contribution in [-0.2, 0) is 27.7 Å². The molecule has 0 unspecified atom stereocenters. The second-order valence-electron chi connectivity index (χ2n) is 7.13. The van der Waals surface area contributed by atoms with Crippen molar-refractivity contribution in [2.45, 2.75) is 17.7 Å². The molecule has 0 aliphatic rings. The summed E-state index contributed by atoms with van der Waals surface area (Å²) >= 11 is 1.22. The van der Waals surface area contributed by atoms with E-state index in [-0.39, 0.29) is 23.1 Å². The SMILES string of the molecule is COc1ccc(C(=O)Nc2nc(CC(=O)NCCc3ccc(S(N)(=O)=O)cc3)cs2)cc1OC. The monoisotopic (exact) mass is 504 g/mol. The number of amides is 2. The third kappa shape index (κ3) is 6.76. The van der Waals surface area contributed by atoms with Gasteiger partial charge in [-0.1, -0.05) is 12.1 Å². The van der Waals surface area contributed by atoms with Gasteiger partial charge in [-0.3, -0.25) is 14.9 Å². The van der Waals surface area contributed by atoms with Gasteiger partial charge in [-0.15, -0.1) is 11.3 Å². The van der Waals surface area contributed by atoms with E-state index in [1.165, 1.54) is 37.7 Å². The highest BCUT2D eigenvalue weighted by Gasteiger charge is 2.14. The van der Waals surface area contributed by atoms with Crippen molar-refractivity contribution < 1.29 is 27.5 Å². The van der Waals surface area contributed by atoms with Crippen molar-refractivity contribution in [3.63, 3.8) is 0 Å². The lowest BCUT2D eigenvalue weighted by atomic mass is 10.1. The van der Waals surface area contributed by atoms with Gasteiger partial charge in [0.25, 0.3) is 5.91 Å². The van der Waals surface area contributed by atoms with Crippen molar-refractivity contribution in [1.82, 2.24) is 10.3 Å². The highest BCUT2D eigenvalue weighted by atomic mass is 32.2. The van der Waals surface area contributed by atoms with Crippen molar-refractivity contribution in [3.05, 3.63) is 64.7 Å². The molecule has 180 valence electrons. The number of carbonyl (C=O) groups is 2. The van der Waals surface area contributed by atoms with Crippen LogP contribution < -0.4 is 25.2 Å². The summed E-state index contributed by atoms with van der Waals surface area (Å²) in [5.41, 5.74) is 1.77. The van der Waals surface area contributed by atoms with E-state index in [1.807, 2.05) is 0 Å². The van der Waals surface area contributed by atoms with E-state index in [2.05, 4.69) is 15.6 Å². The van der Waals surface area contributed by atoms with Gasteiger partial charge in [0.1, 0.15) is 0 Å². The van der Waals surface area contributed by atoms with Crippen molar-refractivity contribution in [3.8, 4) is 11.5 Å². The zero-order chi connectivity index (χ0) is 24.7. The first-order valence-electron chi connectivity index (χ1n) is 10.1. The summed E-state index contributed by atoms with van der Waals surface area (Å²) in [4.78, 5) is 29.1. The summed E-state index contributed by atoms with van der Waals surface area (Å²) in [7, 11) is -0.728. The predicted octanol–water partition coefficient (Wildman–Crippen LogP) is 1.96. The molecule has 34 heavy (non-hydrogen) atoms. The van der Waals surface area contributed by atoms with Gasteiger partial charge in [-0.2, -0.15) is 0 Å². The molecule has 2 aromatic carbocycles. The van der Waals surface area contributed by atoms with Gasteiger partial charge in [-0.05, 0) is 42.3 Å². The fourth-order valence-electron chi connectivity index (χ4n) is 3.01.